The molecule has 1 unspecified atom stereocenters. The first-order valence-corrected chi connectivity index (χ1v) is 7.10. The fourth-order valence-corrected chi connectivity index (χ4v) is 2.37. The standard InChI is InChI=1S/C16H25NO4/c1-5-9-14(16(20-3,21-4)15(18)19-2)17-12-13-10-7-6-8-11-13/h6-8,10-11,14,17H,5,9,12H2,1-4H3. The maximum atomic E-state index is 12.1. The van der Waals surface area contributed by atoms with Crippen LogP contribution in [0.4, 0.5) is 0 Å². The lowest BCUT2D eigenvalue weighted by atomic mass is 10.0. The van der Waals surface area contributed by atoms with Crippen molar-refractivity contribution in [1.82, 2.24) is 5.32 Å². The number of ether oxygens (including phenoxy) is 3. The number of carbonyl (C=O) groups excluding carboxylic acids is 1. The van der Waals surface area contributed by atoms with E-state index in [9.17, 15) is 4.79 Å². The molecule has 1 rings (SSSR count). The molecule has 118 valence electrons. The van der Waals surface area contributed by atoms with E-state index >= 15 is 0 Å². The molecular formula is C16H25NO4. The Labute approximate surface area is 126 Å². The average molecular weight is 295 g/mol. The van der Waals surface area contributed by atoms with Gasteiger partial charge in [-0.2, -0.15) is 0 Å². The summed E-state index contributed by atoms with van der Waals surface area (Å²) in [6.07, 6.45) is 1.61. The second-order valence-electron chi connectivity index (χ2n) is 4.78. The molecule has 1 aromatic rings. The van der Waals surface area contributed by atoms with Crippen LogP contribution in [-0.2, 0) is 25.5 Å². The summed E-state index contributed by atoms with van der Waals surface area (Å²) in [5, 5.41) is 3.34. The number of hydrogen-bond donors (Lipinski definition) is 1. The molecule has 1 atom stereocenters. The highest BCUT2D eigenvalue weighted by Gasteiger charge is 2.47. The van der Waals surface area contributed by atoms with Crippen LogP contribution in [0, 0.1) is 0 Å². The van der Waals surface area contributed by atoms with Gasteiger partial charge in [0.2, 0.25) is 0 Å². The summed E-state index contributed by atoms with van der Waals surface area (Å²) < 4.78 is 15.6. The van der Waals surface area contributed by atoms with E-state index in [1.54, 1.807) is 0 Å². The van der Waals surface area contributed by atoms with Crippen molar-refractivity contribution < 1.29 is 19.0 Å². The third-order valence-electron chi connectivity index (χ3n) is 3.51. The number of nitrogens with one attached hydrogen (secondary N) is 1. The normalized spacial score (nSPS) is 13.0. The third kappa shape index (κ3) is 4.27. The molecule has 0 saturated carbocycles. The summed E-state index contributed by atoms with van der Waals surface area (Å²) in [4.78, 5) is 12.1. The Bertz CT molecular complexity index is 418. The minimum atomic E-state index is -1.43. The topological polar surface area (TPSA) is 56.8 Å². The van der Waals surface area contributed by atoms with E-state index in [1.165, 1.54) is 21.3 Å². The van der Waals surface area contributed by atoms with Crippen LogP contribution in [0.5, 0.6) is 0 Å². The van der Waals surface area contributed by atoms with Crippen molar-refractivity contribution in [1.29, 1.82) is 0 Å². The molecule has 0 aliphatic carbocycles. The number of rotatable bonds is 9. The van der Waals surface area contributed by atoms with Gasteiger partial charge in [-0.15, -0.1) is 0 Å². The lowest BCUT2D eigenvalue weighted by Crippen LogP contribution is -2.58. The van der Waals surface area contributed by atoms with Gasteiger partial charge in [-0.05, 0) is 12.0 Å². The monoisotopic (exact) mass is 295 g/mol. The summed E-state index contributed by atoms with van der Waals surface area (Å²) in [5.41, 5.74) is 1.13. The Morgan fingerprint density at radius 1 is 1.19 bits per heavy atom. The predicted octanol–water partition coefficient (Wildman–Crippen LogP) is 2.11. The molecule has 0 aliphatic heterocycles. The van der Waals surface area contributed by atoms with Crippen LogP contribution in [-0.4, -0.2) is 39.1 Å². The van der Waals surface area contributed by atoms with E-state index in [4.69, 9.17) is 14.2 Å². The fourth-order valence-electron chi connectivity index (χ4n) is 2.37. The molecule has 0 spiro atoms. The van der Waals surface area contributed by atoms with Crippen LogP contribution in [0.25, 0.3) is 0 Å². The van der Waals surface area contributed by atoms with Gasteiger partial charge in [0.1, 0.15) is 0 Å². The van der Waals surface area contributed by atoms with Crippen LogP contribution in [0.15, 0.2) is 30.3 Å². The van der Waals surface area contributed by atoms with E-state index in [0.717, 1.165) is 18.4 Å². The number of esters is 1. The second-order valence-corrected chi connectivity index (χ2v) is 4.78. The highest BCUT2D eigenvalue weighted by molar-refractivity contribution is 5.78. The molecule has 21 heavy (non-hydrogen) atoms. The van der Waals surface area contributed by atoms with Gasteiger partial charge in [-0.3, -0.25) is 0 Å². The summed E-state index contributed by atoms with van der Waals surface area (Å²) in [7, 11) is 4.23. The minimum absolute atomic E-state index is 0.301. The van der Waals surface area contributed by atoms with E-state index in [0.29, 0.717) is 6.54 Å². The molecule has 0 bridgehead atoms. The van der Waals surface area contributed by atoms with Gasteiger partial charge < -0.3 is 19.5 Å². The predicted molar refractivity (Wildman–Crippen MR) is 80.7 cm³/mol. The fraction of sp³-hybridized carbons (Fsp3) is 0.562. The first-order valence-electron chi connectivity index (χ1n) is 7.10. The quantitative estimate of drug-likeness (QED) is 0.558. The van der Waals surface area contributed by atoms with Crippen molar-refractivity contribution in [2.24, 2.45) is 0 Å². The molecule has 5 heteroatoms. The summed E-state index contributed by atoms with van der Waals surface area (Å²) >= 11 is 0. The van der Waals surface area contributed by atoms with Gasteiger partial charge in [-0.25, -0.2) is 4.79 Å². The minimum Gasteiger partial charge on any atom is -0.465 e. The zero-order valence-electron chi connectivity index (χ0n) is 13.2. The van der Waals surface area contributed by atoms with Crippen molar-refractivity contribution in [3.63, 3.8) is 0 Å². The van der Waals surface area contributed by atoms with Crippen molar-refractivity contribution in [2.75, 3.05) is 21.3 Å². The van der Waals surface area contributed by atoms with E-state index < -0.39 is 11.8 Å². The van der Waals surface area contributed by atoms with Crippen molar-refractivity contribution in [3.05, 3.63) is 35.9 Å². The number of benzene rings is 1. The second kappa shape index (κ2) is 8.77. The van der Waals surface area contributed by atoms with E-state index in [1.807, 2.05) is 37.3 Å². The van der Waals surface area contributed by atoms with Crippen molar-refractivity contribution in [3.8, 4) is 0 Å². The van der Waals surface area contributed by atoms with Gasteiger partial charge in [0.05, 0.1) is 13.2 Å². The molecular weight excluding hydrogens is 270 g/mol. The van der Waals surface area contributed by atoms with Gasteiger partial charge in [0, 0.05) is 20.8 Å². The van der Waals surface area contributed by atoms with Gasteiger partial charge in [-0.1, -0.05) is 43.7 Å². The highest BCUT2D eigenvalue weighted by Crippen LogP contribution is 2.23. The first-order chi connectivity index (χ1) is 10.1. The SMILES string of the molecule is CCCC(NCc1ccccc1)C(OC)(OC)C(=O)OC. The average Bonchev–Trinajstić information content (AvgIpc) is 2.54. The Balaban J connectivity index is 2.89. The van der Waals surface area contributed by atoms with E-state index in [-0.39, 0.29) is 6.04 Å². The lowest BCUT2D eigenvalue weighted by Gasteiger charge is -2.35. The summed E-state index contributed by atoms with van der Waals surface area (Å²) in [6, 6.07) is 9.67. The van der Waals surface area contributed by atoms with Gasteiger partial charge >= 0.3 is 5.97 Å². The highest BCUT2D eigenvalue weighted by atomic mass is 16.7. The van der Waals surface area contributed by atoms with Crippen LogP contribution in [0.1, 0.15) is 25.3 Å². The molecule has 0 fully saturated rings. The molecule has 0 aliphatic rings. The Hall–Kier alpha value is -1.43. The van der Waals surface area contributed by atoms with Crippen molar-refractivity contribution in [2.45, 2.75) is 38.1 Å². The zero-order valence-corrected chi connectivity index (χ0v) is 13.2. The Morgan fingerprint density at radius 2 is 1.81 bits per heavy atom. The third-order valence-corrected chi connectivity index (χ3v) is 3.51. The maximum Gasteiger partial charge on any atom is 0.368 e. The van der Waals surface area contributed by atoms with Gasteiger partial charge in [0.25, 0.3) is 5.79 Å². The number of carbonyl (C=O) groups is 1. The molecule has 0 aromatic heterocycles. The maximum absolute atomic E-state index is 12.1. The number of hydrogen-bond acceptors (Lipinski definition) is 5. The molecule has 1 aromatic carbocycles. The Morgan fingerprint density at radius 3 is 2.29 bits per heavy atom. The van der Waals surface area contributed by atoms with Crippen LogP contribution >= 0.6 is 0 Å². The van der Waals surface area contributed by atoms with Crippen LogP contribution in [0.2, 0.25) is 0 Å². The molecule has 1 N–H and O–H groups in total. The van der Waals surface area contributed by atoms with Crippen molar-refractivity contribution >= 4 is 5.97 Å². The Kier molecular flexibility index (Phi) is 7.36. The molecule has 0 amide bonds. The smallest absolute Gasteiger partial charge is 0.368 e. The molecule has 0 saturated heterocycles. The summed E-state index contributed by atoms with van der Waals surface area (Å²) in [5.74, 6) is -1.97. The largest absolute Gasteiger partial charge is 0.465 e. The zero-order chi connectivity index (χ0) is 15.7. The first kappa shape index (κ1) is 17.6. The molecule has 0 heterocycles. The van der Waals surface area contributed by atoms with Crippen LogP contribution < -0.4 is 5.32 Å². The van der Waals surface area contributed by atoms with E-state index in [2.05, 4.69) is 5.32 Å². The molecule has 0 radical (unpaired) electrons. The van der Waals surface area contributed by atoms with Gasteiger partial charge in [0.15, 0.2) is 0 Å². The molecule has 5 nitrogen and oxygen atoms in total. The summed E-state index contributed by atoms with van der Waals surface area (Å²) in [6.45, 7) is 2.67. The number of methoxy groups -OCH3 is 3. The lowest BCUT2D eigenvalue weighted by molar-refractivity contribution is -0.240. The van der Waals surface area contributed by atoms with Crippen LogP contribution in [0.3, 0.4) is 0 Å².